The Morgan fingerprint density at radius 2 is 1.16 bits per heavy atom. The van der Waals surface area contributed by atoms with Crippen LogP contribution < -0.4 is 10.9 Å². The predicted octanol–water partition coefficient (Wildman–Crippen LogP) is 2.07. The van der Waals surface area contributed by atoms with Crippen molar-refractivity contribution in [3.63, 3.8) is 0 Å². The van der Waals surface area contributed by atoms with Crippen molar-refractivity contribution in [2.45, 2.75) is 25.7 Å². The second-order valence-corrected chi connectivity index (χ2v) is 7.45. The highest BCUT2D eigenvalue weighted by Crippen LogP contribution is 2.18. The fourth-order valence-corrected chi connectivity index (χ4v) is 3.75. The Bertz CT molecular complexity index is 289. The Morgan fingerprint density at radius 1 is 0.789 bits per heavy atom. The summed E-state index contributed by atoms with van der Waals surface area (Å²) in [7, 11) is 0. The first-order valence-electron chi connectivity index (χ1n) is 6.36. The van der Waals surface area contributed by atoms with E-state index in [0.717, 1.165) is 50.3 Å². The first kappa shape index (κ1) is 15.7. The lowest BCUT2D eigenvalue weighted by molar-refractivity contribution is 0.300. The van der Waals surface area contributed by atoms with Crippen molar-refractivity contribution in [2.24, 2.45) is 0 Å². The number of rotatable bonds is 4. The summed E-state index contributed by atoms with van der Waals surface area (Å²) >= 11 is 12.7. The van der Waals surface area contributed by atoms with Gasteiger partial charge in [-0.15, -0.1) is 0 Å². The van der Waals surface area contributed by atoms with Crippen LogP contribution in [0, 0.1) is 0 Å². The summed E-state index contributed by atoms with van der Waals surface area (Å²) in [4.78, 5) is 0. The van der Waals surface area contributed by atoms with Crippen molar-refractivity contribution < 1.29 is 3.63 Å². The third-order valence-corrected chi connectivity index (χ3v) is 4.55. The van der Waals surface area contributed by atoms with Crippen molar-refractivity contribution in [1.29, 1.82) is 0 Å². The summed E-state index contributed by atoms with van der Waals surface area (Å²) in [6.07, 6.45) is 4.89. The van der Waals surface area contributed by atoms with Gasteiger partial charge in [0, 0.05) is 26.2 Å². The third-order valence-electron chi connectivity index (χ3n) is 2.93. The van der Waals surface area contributed by atoms with E-state index in [1.165, 1.54) is 25.7 Å². The van der Waals surface area contributed by atoms with Gasteiger partial charge in [-0.05, 0) is 50.1 Å². The number of hydrogen-bond acceptors (Lipinski definition) is 7. The summed E-state index contributed by atoms with van der Waals surface area (Å²) in [5, 5.41) is 4.23. The minimum atomic E-state index is 0.623. The van der Waals surface area contributed by atoms with Gasteiger partial charge in [0.2, 0.25) is 0 Å². The van der Waals surface area contributed by atoms with Gasteiger partial charge in [-0.3, -0.25) is 0 Å². The molecule has 2 heterocycles. The van der Waals surface area contributed by atoms with E-state index in [2.05, 4.69) is 20.9 Å². The van der Waals surface area contributed by atoms with Crippen LogP contribution in [0.4, 0.5) is 0 Å². The Labute approximate surface area is 133 Å². The molecule has 2 aliphatic rings. The summed E-state index contributed by atoms with van der Waals surface area (Å²) in [5.74, 6) is 0. The zero-order chi connectivity index (χ0) is 13.5. The lowest BCUT2D eigenvalue weighted by atomic mass is 10.4. The molecular weight excluding hydrogens is 320 g/mol. The normalized spacial score (nSPS) is 20.6. The van der Waals surface area contributed by atoms with Crippen molar-refractivity contribution >= 4 is 57.2 Å². The van der Waals surface area contributed by atoms with Crippen LogP contribution in [0.1, 0.15) is 25.7 Å². The SMILES string of the molecule is S=C(NN1CCCC1)SOSC(=S)NN1CCCC1. The van der Waals surface area contributed by atoms with E-state index in [1.54, 1.807) is 0 Å². The molecule has 2 N–H and O–H groups in total. The van der Waals surface area contributed by atoms with Gasteiger partial charge >= 0.3 is 0 Å². The number of hydrazine groups is 2. The van der Waals surface area contributed by atoms with Gasteiger partial charge in [-0.1, -0.05) is 0 Å². The minimum absolute atomic E-state index is 0.623. The van der Waals surface area contributed by atoms with Crippen molar-refractivity contribution in [3.8, 4) is 0 Å². The lowest BCUT2D eigenvalue weighted by Gasteiger charge is -2.18. The summed E-state index contributed by atoms with van der Waals surface area (Å²) in [6, 6.07) is 0. The van der Waals surface area contributed by atoms with Crippen LogP contribution in [0.25, 0.3) is 0 Å². The van der Waals surface area contributed by atoms with E-state index in [0.29, 0.717) is 8.64 Å². The topological polar surface area (TPSA) is 39.8 Å². The molecule has 108 valence electrons. The second kappa shape index (κ2) is 8.60. The van der Waals surface area contributed by atoms with Crippen LogP contribution in [0.2, 0.25) is 0 Å². The smallest absolute Gasteiger partial charge is 0.176 e. The average molecular weight is 339 g/mol. The fraction of sp³-hybridized carbons (Fsp3) is 0.800. The monoisotopic (exact) mass is 338 g/mol. The predicted molar refractivity (Wildman–Crippen MR) is 89.3 cm³/mol. The van der Waals surface area contributed by atoms with Gasteiger partial charge in [0.15, 0.2) is 8.64 Å². The molecule has 2 aliphatic heterocycles. The quantitative estimate of drug-likeness (QED) is 0.592. The van der Waals surface area contributed by atoms with Crippen molar-refractivity contribution in [1.82, 2.24) is 20.9 Å². The summed E-state index contributed by atoms with van der Waals surface area (Å²) in [5.41, 5.74) is 6.28. The lowest BCUT2D eigenvalue weighted by Crippen LogP contribution is -2.38. The van der Waals surface area contributed by atoms with Crippen LogP contribution in [-0.2, 0) is 3.63 Å². The highest BCUT2D eigenvalue weighted by molar-refractivity contribution is 8.29. The maximum absolute atomic E-state index is 5.35. The van der Waals surface area contributed by atoms with E-state index in [-0.39, 0.29) is 0 Å². The van der Waals surface area contributed by atoms with Crippen LogP contribution in [0.15, 0.2) is 0 Å². The van der Waals surface area contributed by atoms with E-state index < -0.39 is 0 Å². The maximum atomic E-state index is 5.35. The molecule has 5 nitrogen and oxygen atoms in total. The van der Waals surface area contributed by atoms with Crippen LogP contribution in [-0.4, -0.2) is 44.8 Å². The molecule has 0 saturated carbocycles. The molecule has 2 saturated heterocycles. The molecule has 19 heavy (non-hydrogen) atoms. The summed E-state index contributed by atoms with van der Waals surface area (Å²) < 4.78 is 6.60. The number of hydrogen-bond donors (Lipinski definition) is 2. The van der Waals surface area contributed by atoms with Gasteiger partial charge in [0.25, 0.3) is 0 Å². The highest BCUT2D eigenvalue weighted by atomic mass is 32.2. The molecule has 0 atom stereocenters. The molecule has 0 spiro atoms. The van der Waals surface area contributed by atoms with Gasteiger partial charge in [-0.2, -0.15) is 0 Å². The highest BCUT2D eigenvalue weighted by Gasteiger charge is 2.14. The van der Waals surface area contributed by atoms with E-state index in [4.69, 9.17) is 28.1 Å². The Balaban J connectivity index is 1.52. The van der Waals surface area contributed by atoms with Crippen molar-refractivity contribution in [3.05, 3.63) is 0 Å². The minimum Gasteiger partial charge on any atom is -0.302 e. The largest absolute Gasteiger partial charge is 0.302 e. The fourth-order valence-electron chi connectivity index (χ4n) is 2.03. The number of nitrogens with one attached hydrogen (secondary N) is 2. The standard InChI is InChI=1S/C10H18N4OS4/c16-9(11-13-5-1-2-6-13)18-15-19-10(17)12-14-7-3-4-8-14/h1-8H2,(H,11,16)(H,12,17). The molecule has 9 heteroatoms. The first-order valence-corrected chi connectivity index (χ1v) is 8.66. The first-order chi connectivity index (χ1) is 9.24. The van der Waals surface area contributed by atoms with E-state index in [9.17, 15) is 0 Å². The molecule has 0 aromatic heterocycles. The van der Waals surface area contributed by atoms with Gasteiger partial charge in [-0.25, -0.2) is 13.6 Å². The van der Waals surface area contributed by atoms with E-state index in [1.807, 2.05) is 0 Å². The zero-order valence-corrected chi connectivity index (χ0v) is 13.9. The van der Waals surface area contributed by atoms with Gasteiger partial charge in [0.1, 0.15) is 0 Å². The molecule has 0 bridgehead atoms. The summed E-state index contributed by atoms with van der Waals surface area (Å²) in [6.45, 7) is 4.18. The molecule has 0 aromatic rings. The molecule has 0 aromatic carbocycles. The molecule has 0 aliphatic carbocycles. The second-order valence-electron chi connectivity index (χ2n) is 4.42. The van der Waals surface area contributed by atoms with Gasteiger partial charge < -0.3 is 10.9 Å². The van der Waals surface area contributed by atoms with Crippen molar-refractivity contribution in [2.75, 3.05) is 26.2 Å². The molecular formula is C10H18N4OS4. The third kappa shape index (κ3) is 6.11. The molecule has 2 fully saturated rings. The molecule has 2 rings (SSSR count). The molecule has 0 unspecified atom stereocenters. The van der Waals surface area contributed by atoms with Crippen LogP contribution in [0.5, 0.6) is 0 Å². The number of nitrogens with zero attached hydrogens (tertiary/aromatic N) is 2. The molecule has 0 radical (unpaired) electrons. The molecule has 0 amide bonds. The van der Waals surface area contributed by atoms with Crippen LogP contribution >= 0.6 is 48.5 Å². The Kier molecular flexibility index (Phi) is 7.13. The average Bonchev–Trinajstić information content (AvgIpc) is 3.02. The number of thiocarbonyl (C=S) groups is 2. The van der Waals surface area contributed by atoms with E-state index >= 15 is 0 Å². The maximum Gasteiger partial charge on any atom is 0.176 e. The Hall–Kier alpha value is 0.360. The Morgan fingerprint density at radius 3 is 1.53 bits per heavy atom. The zero-order valence-electron chi connectivity index (χ0n) is 10.6. The van der Waals surface area contributed by atoms with Crippen LogP contribution in [0.3, 0.4) is 0 Å². The van der Waals surface area contributed by atoms with Gasteiger partial charge in [0.05, 0.1) is 24.1 Å².